The van der Waals surface area contributed by atoms with Crippen LogP contribution in [-0.2, 0) is 25.1 Å². The van der Waals surface area contributed by atoms with Gasteiger partial charge in [0.1, 0.15) is 12.8 Å². The fourth-order valence-corrected chi connectivity index (χ4v) is 2.82. The predicted molar refractivity (Wildman–Crippen MR) is 72.9 cm³/mol. The van der Waals surface area contributed by atoms with Crippen molar-refractivity contribution >= 4 is 24.7 Å². The molecule has 1 saturated heterocycles. The van der Waals surface area contributed by atoms with Crippen molar-refractivity contribution in [2.24, 2.45) is 0 Å². The molecule has 11 heteroatoms. The third-order valence-corrected chi connectivity index (χ3v) is 4.17. The Morgan fingerprint density at radius 1 is 1.57 bits per heavy atom. The molecule has 10 nitrogen and oxygen atoms in total. The number of fused-ring (bicyclic) bond motifs is 1. The van der Waals surface area contributed by atoms with Gasteiger partial charge in [-0.15, -0.1) is 0 Å². The average molecular weight is 315 g/mol. The number of imidazole rings is 1. The normalized spacial score (nSPS) is 26.2. The van der Waals surface area contributed by atoms with E-state index in [1.165, 1.54) is 13.0 Å². The van der Waals surface area contributed by atoms with Gasteiger partial charge in [0.25, 0.3) is 5.56 Å². The van der Waals surface area contributed by atoms with Crippen molar-refractivity contribution in [1.29, 1.82) is 0 Å². The van der Waals surface area contributed by atoms with E-state index in [-0.39, 0.29) is 37.5 Å². The number of hydrogen-bond donors (Lipinski definition) is 2. The molecule has 0 atom stereocenters. The quantitative estimate of drug-likeness (QED) is 0.751. The van der Waals surface area contributed by atoms with Crippen LogP contribution < -0.4 is 11.3 Å². The van der Waals surface area contributed by atoms with Crippen LogP contribution in [0.15, 0.2) is 11.1 Å². The average Bonchev–Trinajstić information content (AvgIpc) is 2.81. The lowest BCUT2D eigenvalue weighted by Gasteiger charge is -2.26. The Hall–Kier alpha value is -1.74. The fourth-order valence-electron chi connectivity index (χ4n) is 1.87. The van der Waals surface area contributed by atoms with Crippen LogP contribution in [0.25, 0.3) is 11.2 Å². The van der Waals surface area contributed by atoms with Gasteiger partial charge in [-0.05, 0) is 0 Å². The molecule has 3 rings (SSSR count). The Kier molecular flexibility index (Phi) is 3.54. The molecule has 3 heterocycles. The zero-order chi connectivity index (χ0) is 15.0. The predicted octanol–water partition coefficient (Wildman–Crippen LogP) is -0.0858. The molecule has 21 heavy (non-hydrogen) atoms. The molecule has 0 spiro atoms. The van der Waals surface area contributed by atoms with Crippen molar-refractivity contribution in [1.82, 2.24) is 19.5 Å². The Labute approximate surface area is 118 Å². The van der Waals surface area contributed by atoms with Crippen LogP contribution in [0.4, 0.5) is 5.95 Å². The summed E-state index contributed by atoms with van der Waals surface area (Å²) in [6.45, 7) is 1.86. The molecule has 2 aromatic heterocycles. The van der Waals surface area contributed by atoms with Gasteiger partial charge < -0.3 is 19.5 Å². The van der Waals surface area contributed by atoms with E-state index in [1.54, 1.807) is 4.57 Å². The zero-order valence-electron chi connectivity index (χ0n) is 11.2. The van der Waals surface area contributed by atoms with Gasteiger partial charge in [-0.1, -0.05) is 0 Å². The van der Waals surface area contributed by atoms with Gasteiger partial charge >= 0.3 is 7.60 Å². The summed E-state index contributed by atoms with van der Waals surface area (Å²) in [6, 6.07) is 0. The summed E-state index contributed by atoms with van der Waals surface area (Å²) in [5.41, 5.74) is 5.60. The minimum absolute atomic E-state index is 0.00510. The molecule has 0 saturated carbocycles. The van der Waals surface area contributed by atoms with E-state index in [0.717, 1.165) is 0 Å². The highest BCUT2D eigenvalue weighted by Crippen LogP contribution is 2.46. The van der Waals surface area contributed by atoms with Crippen molar-refractivity contribution in [3.8, 4) is 0 Å². The Morgan fingerprint density at radius 3 is 3.00 bits per heavy atom. The SMILES string of the molecule is CP1(=O)OCC(OCn2cnc3c(=O)[nH]c(N)nc32)CO1. The minimum Gasteiger partial charge on any atom is -0.369 e. The van der Waals surface area contributed by atoms with E-state index in [2.05, 4.69) is 15.0 Å². The van der Waals surface area contributed by atoms with Gasteiger partial charge in [0, 0.05) is 6.66 Å². The van der Waals surface area contributed by atoms with Crippen LogP contribution in [0.2, 0.25) is 0 Å². The number of nitrogens with one attached hydrogen (secondary N) is 1. The van der Waals surface area contributed by atoms with Crippen molar-refractivity contribution in [2.75, 3.05) is 25.6 Å². The lowest BCUT2D eigenvalue weighted by Crippen LogP contribution is -2.29. The largest absolute Gasteiger partial charge is 0.369 e. The number of nitrogens with zero attached hydrogens (tertiary/aromatic N) is 3. The second-order valence-electron chi connectivity index (χ2n) is 4.62. The van der Waals surface area contributed by atoms with Gasteiger partial charge in [-0.25, -0.2) is 4.98 Å². The fraction of sp³-hybridized carbons (Fsp3) is 0.500. The lowest BCUT2D eigenvalue weighted by molar-refractivity contribution is -0.0619. The third kappa shape index (κ3) is 2.98. The van der Waals surface area contributed by atoms with Gasteiger partial charge in [0.15, 0.2) is 11.2 Å². The summed E-state index contributed by atoms with van der Waals surface area (Å²) in [7, 11) is -2.93. The van der Waals surface area contributed by atoms with E-state index in [1.807, 2.05) is 0 Å². The van der Waals surface area contributed by atoms with E-state index in [9.17, 15) is 9.36 Å². The van der Waals surface area contributed by atoms with Gasteiger partial charge in [-0.2, -0.15) is 4.98 Å². The van der Waals surface area contributed by atoms with Crippen LogP contribution >= 0.6 is 7.60 Å². The number of aromatic amines is 1. The molecule has 114 valence electrons. The highest BCUT2D eigenvalue weighted by atomic mass is 31.2. The number of hydrogen-bond acceptors (Lipinski definition) is 8. The van der Waals surface area contributed by atoms with E-state index >= 15 is 0 Å². The zero-order valence-corrected chi connectivity index (χ0v) is 12.1. The number of rotatable bonds is 3. The Bertz CT molecular complexity index is 759. The summed E-state index contributed by atoms with van der Waals surface area (Å²) < 4.78 is 28.7. The molecule has 3 N–H and O–H groups in total. The van der Waals surface area contributed by atoms with Crippen LogP contribution in [-0.4, -0.2) is 45.5 Å². The van der Waals surface area contributed by atoms with Gasteiger partial charge in [0.05, 0.1) is 19.5 Å². The molecule has 1 aliphatic rings. The molecule has 0 aromatic carbocycles. The first-order valence-corrected chi connectivity index (χ1v) is 8.12. The molecule has 0 bridgehead atoms. The first-order valence-electron chi connectivity index (χ1n) is 6.13. The van der Waals surface area contributed by atoms with Crippen molar-refractivity contribution in [3.63, 3.8) is 0 Å². The second kappa shape index (κ2) is 5.23. The molecule has 0 aliphatic carbocycles. The first kappa shape index (κ1) is 14.2. The monoisotopic (exact) mass is 315 g/mol. The number of nitrogen functional groups attached to an aromatic ring is 1. The van der Waals surface area contributed by atoms with Gasteiger partial charge in [0.2, 0.25) is 5.95 Å². The Morgan fingerprint density at radius 2 is 2.29 bits per heavy atom. The number of aromatic nitrogens is 4. The van der Waals surface area contributed by atoms with Crippen molar-refractivity contribution < 1.29 is 18.3 Å². The maximum absolute atomic E-state index is 11.6. The number of nitrogens with two attached hydrogens (primary N) is 1. The van der Waals surface area contributed by atoms with Crippen LogP contribution in [0.1, 0.15) is 0 Å². The number of H-pyrrole nitrogens is 1. The summed E-state index contributed by atoms with van der Waals surface area (Å²) in [6.07, 6.45) is 1.07. The summed E-state index contributed by atoms with van der Waals surface area (Å²) >= 11 is 0. The van der Waals surface area contributed by atoms with Crippen LogP contribution in [0.5, 0.6) is 0 Å². The Balaban J connectivity index is 1.72. The molecule has 0 unspecified atom stereocenters. The smallest absolute Gasteiger partial charge is 0.327 e. The second-order valence-corrected chi connectivity index (χ2v) is 6.68. The van der Waals surface area contributed by atoms with Crippen molar-refractivity contribution in [2.45, 2.75) is 12.8 Å². The topological polar surface area (TPSA) is 134 Å². The maximum Gasteiger partial charge on any atom is 0.327 e. The number of ether oxygens (including phenoxy) is 1. The summed E-state index contributed by atoms with van der Waals surface area (Å²) in [5, 5.41) is 0. The van der Waals surface area contributed by atoms with Crippen LogP contribution in [0.3, 0.4) is 0 Å². The maximum atomic E-state index is 11.6. The molecule has 1 fully saturated rings. The molecular weight excluding hydrogens is 301 g/mol. The van der Waals surface area contributed by atoms with E-state index < -0.39 is 13.2 Å². The first-order chi connectivity index (χ1) is 9.94. The summed E-state index contributed by atoms with van der Waals surface area (Å²) in [4.78, 5) is 22.0. The molecule has 2 aromatic rings. The standard InChI is InChI=1S/C10H14N5O5P/c1-21(17)19-2-6(3-20-21)18-5-15-4-12-7-8(15)13-10(11)14-9(7)16/h4,6H,2-3,5H2,1H3,(H3,11,13,14,16). The molecule has 0 amide bonds. The number of anilines is 1. The molecule has 0 radical (unpaired) electrons. The highest BCUT2D eigenvalue weighted by molar-refractivity contribution is 7.53. The molecular formula is C10H14N5O5P. The van der Waals surface area contributed by atoms with E-state index in [0.29, 0.717) is 5.65 Å². The van der Waals surface area contributed by atoms with Gasteiger partial charge in [-0.3, -0.25) is 18.9 Å². The summed E-state index contributed by atoms with van der Waals surface area (Å²) in [5.74, 6) is 0.00510. The van der Waals surface area contributed by atoms with Crippen molar-refractivity contribution in [3.05, 3.63) is 16.7 Å². The minimum atomic E-state index is -2.93. The lowest BCUT2D eigenvalue weighted by atomic mass is 10.4. The third-order valence-electron chi connectivity index (χ3n) is 2.93. The van der Waals surface area contributed by atoms with Crippen LogP contribution in [0, 0.1) is 0 Å². The molecule has 1 aliphatic heterocycles. The highest BCUT2D eigenvalue weighted by Gasteiger charge is 2.28. The van der Waals surface area contributed by atoms with E-state index in [4.69, 9.17) is 19.5 Å².